The monoisotopic (exact) mass is 221 g/mol. The van der Waals surface area contributed by atoms with Gasteiger partial charge in [-0.05, 0) is 19.1 Å². The fraction of sp³-hybridized carbons (Fsp3) is 0.455. The fourth-order valence-electron chi connectivity index (χ4n) is 1.73. The maximum absolute atomic E-state index is 11.0. The van der Waals surface area contributed by atoms with Gasteiger partial charge in [0.05, 0.1) is 13.2 Å². The van der Waals surface area contributed by atoms with Gasteiger partial charge in [-0.3, -0.25) is 4.98 Å². The molecule has 0 saturated carbocycles. The third-order valence-corrected chi connectivity index (χ3v) is 2.63. The van der Waals surface area contributed by atoms with Gasteiger partial charge in [0.25, 0.3) is 0 Å². The predicted molar refractivity (Wildman–Crippen MR) is 60.5 cm³/mol. The number of nitrogens with one attached hydrogen (secondary N) is 1. The number of alkyl carbamates (subject to hydrolysis) is 1. The number of nitrogens with zero attached hydrogens (tertiary/aromatic N) is 2. The zero-order valence-corrected chi connectivity index (χ0v) is 9.43. The molecule has 1 amide bonds. The van der Waals surface area contributed by atoms with Gasteiger partial charge in [-0.25, -0.2) is 4.79 Å². The molecule has 0 unspecified atom stereocenters. The molecule has 0 aliphatic carbocycles. The van der Waals surface area contributed by atoms with Crippen molar-refractivity contribution >= 4 is 11.8 Å². The van der Waals surface area contributed by atoms with Crippen LogP contribution in [0.1, 0.15) is 5.69 Å². The Bertz CT molecular complexity index is 389. The first-order valence-corrected chi connectivity index (χ1v) is 5.21. The van der Waals surface area contributed by atoms with Crippen molar-refractivity contribution in [2.75, 3.05) is 25.1 Å². The van der Waals surface area contributed by atoms with Crippen LogP contribution in [0.25, 0.3) is 0 Å². The number of carbonyl (C=O) groups is 1. The number of hydrogen-bond donors (Lipinski definition) is 1. The highest BCUT2D eigenvalue weighted by molar-refractivity contribution is 5.68. The lowest BCUT2D eigenvalue weighted by Crippen LogP contribution is -2.59. The summed E-state index contributed by atoms with van der Waals surface area (Å²) in [5.41, 5.74) is 2.15. The molecular weight excluding hydrogens is 206 g/mol. The van der Waals surface area contributed by atoms with E-state index in [-0.39, 0.29) is 12.1 Å². The van der Waals surface area contributed by atoms with Crippen LogP contribution in [0.3, 0.4) is 0 Å². The minimum atomic E-state index is -0.365. The second kappa shape index (κ2) is 4.38. The van der Waals surface area contributed by atoms with Crippen molar-refractivity contribution in [2.45, 2.75) is 13.0 Å². The second-order valence-corrected chi connectivity index (χ2v) is 3.89. The number of carbonyl (C=O) groups excluding carboxylic acids is 1. The molecule has 0 radical (unpaired) electrons. The average Bonchev–Trinajstić information content (AvgIpc) is 2.22. The highest BCUT2D eigenvalue weighted by Crippen LogP contribution is 2.20. The Morgan fingerprint density at radius 2 is 2.38 bits per heavy atom. The number of ether oxygens (including phenoxy) is 1. The molecule has 0 bridgehead atoms. The van der Waals surface area contributed by atoms with Crippen LogP contribution in [0.2, 0.25) is 0 Å². The van der Waals surface area contributed by atoms with Gasteiger partial charge in [-0.15, -0.1) is 0 Å². The molecule has 2 heterocycles. The number of anilines is 1. The van der Waals surface area contributed by atoms with Crippen LogP contribution in [0, 0.1) is 6.92 Å². The standard InChI is InChI=1S/C11H15N3O2/c1-8-5-10(3-4-12-8)14-6-9(7-14)13-11(15)16-2/h3-5,9H,6-7H2,1-2H3,(H,13,15). The summed E-state index contributed by atoms with van der Waals surface area (Å²) in [6.45, 7) is 3.60. The Labute approximate surface area is 94.4 Å². The van der Waals surface area contributed by atoms with Crippen LogP contribution in [0.4, 0.5) is 10.5 Å². The average molecular weight is 221 g/mol. The number of hydrogen-bond acceptors (Lipinski definition) is 4. The first-order chi connectivity index (χ1) is 7.69. The van der Waals surface area contributed by atoms with Gasteiger partial charge in [-0.2, -0.15) is 0 Å². The molecule has 16 heavy (non-hydrogen) atoms. The lowest BCUT2D eigenvalue weighted by Gasteiger charge is -2.40. The van der Waals surface area contributed by atoms with E-state index in [1.165, 1.54) is 7.11 Å². The van der Waals surface area contributed by atoms with Gasteiger partial charge >= 0.3 is 6.09 Å². The van der Waals surface area contributed by atoms with E-state index < -0.39 is 0 Å². The smallest absolute Gasteiger partial charge is 0.407 e. The van der Waals surface area contributed by atoms with Crippen LogP contribution in [-0.2, 0) is 4.74 Å². The molecule has 1 fully saturated rings. The maximum atomic E-state index is 11.0. The summed E-state index contributed by atoms with van der Waals surface area (Å²) < 4.78 is 4.54. The fourth-order valence-corrected chi connectivity index (χ4v) is 1.73. The molecule has 1 aromatic rings. The lowest BCUT2D eigenvalue weighted by atomic mass is 10.1. The summed E-state index contributed by atoms with van der Waals surface area (Å²) in [6.07, 6.45) is 1.43. The molecular formula is C11H15N3O2. The second-order valence-electron chi connectivity index (χ2n) is 3.89. The Morgan fingerprint density at radius 1 is 1.62 bits per heavy atom. The van der Waals surface area contributed by atoms with Crippen LogP contribution in [-0.4, -0.2) is 37.3 Å². The molecule has 1 aliphatic rings. The maximum Gasteiger partial charge on any atom is 0.407 e. The molecule has 0 aromatic carbocycles. The number of amides is 1. The van der Waals surface area contributed by atoms with Gasteiger partial charge in [-0.1, -0.05) is 0 Å². The van der Waals surface area contributed by atoms with Gasteiger partial charge in [0, 0.05) is 30.7 Å². The summed E-state index contributed by atoms with van der Waals surface area (Å²) in [5, 5.41) is 2.76. The van der Waals surface area contributed by atoms with E-state index in [2.05, 4.69) is 19.9 Å². The normalized spacial score (nSPS) is 15.5. The van der Waals surface area contributed by atoms with E-state index >= 15 is 0 Å². The molecule has 1 aromatic heterocycles. The molecule has 1 saturated heterocycles. The van der Waals surface area contributed by atoms with Crippen molar-refractivity contribution < 1.29 is 9.53 Å². The third-order valence-electron chi connectivity index (χ3n) is 2.63. The van der Waals surface area contributed by atoms with Crippen LogP contribution >= 0.6 is 0 Å². The molecule has 5 nitrogen and oxygen atoms in total. The highest BCUT2D eigenvalue weighted by Gasteiger charge is 2.28. The summed E-state index contributed by atoms with van der Waals surface area (Å²) in [5.74, 6) is 0. The molecule has 86 valence electrons. The summed E-state index contributed by atoms with van der Waals surface area (Å²) in [6, 6.07) is 4.19. The van der Waals surface area contributed by atoms with E-state index in [1.807, 2.05) is 19.1 Å². The minimum Gasteiger partial charge on any atom is -0.453 e. The van der Waals surface area contributed by atoms with Crippen molar-refractivity contribution in [1.82, 2.24) is 10.3 Å². The van der Waals surface area contributed by atoms with Crippen molar-refractivity contribution in [3.63, 3.8) is 0 Å². The van der Waals surface area contributed by atoms with Gasteiger partial charge < -0.3 is 15.0 Å². The third kappa shape index (κ3) is 2.24. The Balaban J connectivity index is 1.86. The number of methoxy groups -OCH3 is 1. The van der Waals surface area contributed by atoms with E-state index in [9.17, 15) is 4.79 Å². The van der Waals surface area contributed by atoms with Crippen LogP contribution in [0.5, 0.6) is 0 Å². The zero-order valence-electron chi connectivity index (χ0n) is 9.43. The molecule has 0 atom stereocenters. The van der Waals surface area contributed by atoms with Gasteiger partial charge in [0.1, 0.15) is 0 Å². The van der Waals surface area contributed by atoms with Crippen LogP contribution < -0.4 is 10.2 Å². The molecule has 1 N–H and O–H groups in total. The quantitative estimate of drug-likeness (QED) is 0.807. The number of rotatable bonds is 2. The van der Waals surface area contributed by atoms with Crippen molar-refractivity contribution in [2.24, 2.45) is 0 Å². The molecule has 5 heteroatoms. The van der Waals surface area contributed by atoms with E-state index in [0.29, 0.717) is 0 Å². The van der Waals surface area contributed by atoms with Crippen molar-refractivity contribution in [1.29, 1.82) is 0 Å². The van der Waals surface area contributed by atoms with E-state index in [0.717, 1.165) is 24.5 Å². The molecule has 1 aliphatic heterocycles. The molecule has 0 spiro atoms. The lowest BCUT2D eigenvalue weighted by molar-refractivity contribution is 0.164. The zero-order chi connectivity index (χ0) is 11.5. The number of pyridine rings is 1. The largest absolute Gasteiger partial charge is 0.453 e. The van der Waals surface area contributed by atoms with Crippen molar-refractivity contribution in [3.8, 4) is 0 Å². The Hall–Kier alpha value is -1.78. The first kappa shape index (κ1) is 10.7. The van der Waals surface area contributed by atoms with E-state index in [4.69, 9.17) is 0 Å². The number of aryl methyl sites for hydroxylation is 1. The summed E-state index contributed by atoms with van der Waals surface area (Å²) in [4.78, 5) is 17.3. The predicted octanol–water partition coefficient (Wildman–Crippen LogP) is 0.935. The Morgan fingerprint density at radius 3 is 3.00 bits per heavy atom. The topological polar surface area (TPSA) is 54.5 Å². The van der Waals surface area contributed by atoms with Gasteiger partial charge in [0.15, 0.2) is 0 Å². The minimum absolute atomic E-state index is 0.181. The Kier molecular flexibility index (Phi) is 2.94. The van der Waals surface area contributed by atoms with Crippen molar-refractivity contribution in [3.05, 3.63) is 24.0 Å². The summed E-state index contributed by atoms with van der Waals surface area (Å²) in [7, 11) is 1.37. The molecule has 2 rings (SSSR count). The summed E-state index contributed by atoms with van der Waals surface area (Å²) >= 11 is 0. The number of aromatic nitrogens is 1. The highest BCUT2D eigenvalue weighted by atomic mass is 16.5. The van der Waals surface area contributed by atoms with E-state index in [1.54, 1.807) is 6.20 Å². The first-order valence-electron chi connectivity index (χ1n) is 5.21. The SMILES string of the molecule is COC(=O)NC1CN(c2ccnc(C)c2)C1. The van der Waals surface area contributed by atoms with Crippen LogP contribution in [0.15, 0.2) is 18.3 Å². The van der Waals surface area contributed by atoms with Gasteiger partial charge in [0.2, 0.25) is 0 Å².